The predicted octanol–water partition coefficient (Wildman–Crippen LogP) is 2.35. The Morgan fingerprint density at radius 2 is 1.65 bits per heavy atom. The van der Waals surface area contributed by atoms with Crippen molar-refractivity contribution in [1.82, 2.24) is 20.9 Å². The fraction of sp³-hybridized carbons (Fsp3) is 0.292. The molecule has 0 saturated carbocycles. The summed E-state index contributed by atoms with van der Waals surface area (Å²) in [7, 11) is 0. The lowest BCUT2D eigenvalue weighted by molar-refractivity contribution is -0.133. The smallest absolute Gasteiger partial charge is 0.245 e. The number of fused-ring (bicyclic) bond motifs is 1. The third-order valence-electron chi connectivity index (χ3n) is 5.72. The highest BCUT2D eigenvalue weighted by Crippen LogP contribution is 2.23. The first-order valence-corrected chi connectivity index (χ1v) is 10.4. The van der Waals surface area contributed by atoms with Crippen molar-refractivity contribution in [3.8, 4) is 0 Å². The number of carbonyl (C=O) groups is 3. The highest BCUT2D eigenvalue weighted by molar-refractivity contribution is 5.94. The van der Waals surface area contributed by atoms with Gasteiger partial charge in [0.05, 0.1) is 6.04 Å². The lowest BCUT2D eigenvalue weighted by Crippen LogP contribution is -2.58. The molecule has 7 nitrogen and oxygen atoms in total. The zero-order valence-corrected chi connectivity index (χ0v) is 17.4. The molecule has 31 heavy (non-hydrogen) atoms. The monoisotopic (exact) mass is 418 g/mol. The SMILES string of the molecule is C[C@]1(Cc2c[nH]c3ccccc23)NC(=O)CCC(=O)N[C@H](c2ccccc2)CNC1=O. The number of nitrogens with one attached hydrogen (secondary N) is 4. The summed E-state index contributed by atoms with van der Waals surface area (Å²) in [6.07, 6.45) is 2.28. The summed E-state index contributed by atoms with van der Waals surface area (Å²) >= 11 is 0. The van der Waals surface area contributed by atoms with Crippen molar-refractivity contribution in [2.45, 2.75) is 37.8 Å². The molecule has 0 bridgehead atoms. The van der Waals surface area contributed by atoms with E-state index in [9.17, 15) is 14.4 Å². The summed E-state index contributed by atoms with van der Waals surface area (Å²) in [5, 5.41) is 9.76. The average molecular weight is 418 g/mol. The third-order valence-corrected chi connectivity index (χ3v) is 5.72. The highest BCUT2D eigenvalue weighted by Gasteiger charge is 2.36. The molecule has 2 aromatic carbocycles. The molecule has 0 spiro atoms. The number of benzene rings is 2. The first-order chi connectivity index (χ1) is 14.9. The number of aromatic amines is 1. The van der Waals surface area contributed by atoms with Gasteiger partial charge < -0.3 is 20.9 Å². The van der Waals surface area contributed by atoms with Gasteiger partial charge in [0.1, 0.15) is 5.54 Å². The Morgan fingerprint density at radius 1 is 0.935 bits per heavy atom. The number of amides is 3. The van der Waals surface area contributed by atoms with E-state index in [1.165, 1.54) is 0 Å². The summed E-state index contributed by atoms with van der Waals surface area (Å²) in [6.45, 7) is 1.96. The summed E-state index contributed by atoms with van der Waals surface area (Å²) in [5.41, 5.74) is 1.66. The standard InChI is InChI=1S/C24H26N4O3/c1-24(13-17-14-25-19-10-6-5-9-18(17)19)23(31)26-15-20(16-7-3-2-4-8-16)27-21(29)11-12-22(30)28-24/h2-10,14,20,25H,11-13,15H2,1H3,(H,26,31)(H,27,29)(H,28,30)/t20-,24+/m0/s1. The quantitative estimate of drug-likeness (QED) is 0.525. The molecular formula is C24H26N4O3. The molecule has 3 amide bonds. The first kappa shape index (κ1) is 20.7. The topological polar surface area (TPSA) is 103 Å². The Bertz CT molecular complexity index is 1110. The maximum absolute atomic E-state index is 13.3. The molecule has 4 rings (SSSR count). The van der Waals surface area contributed by atoms with E-state index < -0.39 is 5.54 Å². The largest absolute Gasteiger partial charge is 0.361 e. The van der Waals surface area contributed by atoms with Crippen molar-refractivity contribution in [2.24, 2.45) is 0 Å². The molecule has 2 heterocycles. The minimum absolute atomic E-state index is 0.0180. The lowest BCUT2D eigenvalue weighted by Gasteiger charge is -2.30. The Labute approximate surface area is 180 Å². The fourth-order valence-corrected chi connectivity index (χ4v) is 4.03. The van der Waals surface area contributed by atoms with Gasteiger partial charge in [0.2, 0.25) is 17.7 Å². The minimum atomic E-state index is -1.16. The summed E-state index contributed by atoms with van der Waals surface area (Å²) < 4.78 is 0. The van der Waals surface area contributed by atoms with Crippen LogP contribution in [0.1, 0.15) is 36.9 Å². The van der Waals surface area contributed by atoms with E-state index in [1.807, 2.05) is 60.8 Å². The Morgan fingerprint density at radius 3 is 2.45 bits per heavy atom. The van der Waals surface area contributed by atoms with Crippen LogP contribution in [0.15, 0.2) is 60.8 Å². The van der Waals surface area contributed by atoms with E-state index in [0.717, 1.165) is 22.0 Å². The Hall–Kier alpha value is -3.61. The molecule has 4 N–H and O–H groups in total. The molecule has 0 aliphatic carbocycles. The van der Waals surface area contributed by atoms with Crippen LogP contribution in [0.3, 0.4) is 0 Å². The molecule has 0 radical (unpaired) electrons. The number of rotatable bonds is 3. The molecule has 0 unspecified atom stereocenters. The number of H-pyrrole nitrogens is 1. The molecule has 2 atom stereocenters. The van der Waals surface area contributed by atoms with E-state index >= 15 is 0 Å². The zero-order valence-electron chi connectivity index (χ0n) is 17.4. The van der Waals surface area contributed by atoms with Crippen LogP contribution in [0.4, 0.5) is 0 Å². The maximum Gasteiger partial charge on any atom is 0.245 e. The van der Waals surface area contributed by atoms with Gasteiger partial charge in [0.15, 0.2) is 0 Å². The highest BCUT2D eigenvalue weighted by atomic mass is 16.2. The first-order valence-electron chi connectivity index (χ1n) is 10.4. The number of aromatic nitrogens is 1. The molecule has 7 heteroatoms. The van der Waals surface area contributed by atoms with E-state index in [1.54, 1.807) is 6.92 Å². The average Bonchev–Trinajstić information content (AvgIpc) is 3.17. The molecule has 1 saturated heterocycles. The van der Waals surface area contributed by atoms with E-state index in [4.69, 9.17) is 0 Å². The predicted molar refractivity (Wildman–Crippen MR) is 118 cm³/mol. The van der Waals surface area contributed by atoms with Gasteiger partial charge in [-0.3, -0.25) is 14.4 Å². The zero-order chi connectivity index (χ0) is 21.8. The van der Waals surface area contributed by atoms with E-state index in [0.29, 0.717) is 6.42 Å². The van der Waals surface area contributed by atoms with Gasteiger partial charge in [-0.2, -0.15) is 0 Å². The fourth-order valence-electron chi connectivity index (χ4n) is 4.03. The van der Waals surface area contributed by atoms with Gasteiger partial charge >= 0.3 is 0 Å². The molecule has 1 aliphatic rings. The van der Waals surface area contributed by atoms with E-state index in [-0.39, 0.29) is 43.1 Å². The maximum atomic E-state index is 13.3. The van der Waals surface area contributed by atoms with E-state index in [2.05, 4.69) is 20.9 Å². The van der Waals surface area contributed by atoms with Crippen molar-refractivity contribution in [1.29, 1.82) is 0 Å². The normalized spacial score (nSPS) is 22.9. The second-order valence-electron chi connectivity index (χ2n) is 8.16. The van der Waals surface area contributed by atoms with Gasteiger partial charge in [-0.25, -0.2) is 0 Å². The van der Waals surface area contributed by atoms with Crippen molar-refractivity contribution >= 4 is 28.6 Å². The molecule has 160 valence electrons. The van der Waals surface area contributed by atoms with Gasteiger partial charge in [0.25, 0.3) is 0 Å². The van der Waals surface area contributed by atoms with Crippen LogP contribution in [-0.2, 0) is 20.8 Å². The van der Waals surface area contributed by atoms with Gasteiger partial charge in [-0.15, -0.1) is 0 Å². The van der Waals surface area contributed by atoms with Crippen LogP contribution in [0.5, 0.6) is 0 Å². The molecule has 1 aliphatic heterocycles. The molecular weight excluding hydrogens is 392 g/mol. The van der Waals surface area contributed by atoms with Crippen molar-refractivity contribution in [3.05, 3.63) is 71.9 Å². The second kappa shape index (κ2) is 8.63. The Balaban J connectivity index is 1.62. The Kier molecular flexibility index (Phi) is 5.75. The van der Waals surface area contributed by atoms with Crippen LogP contribution in [0.2, 0.25) is 0 Å². The van der Waals surface area contributed by atoms with Gasteiger partial charge in [0, 0.05) is 42.9 Å². The van der Waals surface area contributed by atoms with Gasteiger partial charge in [-0.05, 0) is 24.1 Å². The summed E-state index contributed by atoms with van der Waals surface area (Å²) in [4.78, 5) is 41.5. The third kappa shape index (κ3) is 4.60. The number of para-hydroxylation sites is 1. The molecule has 1 aromatic heterocycles. The van der Waals surface area contributed by atoms with Crippen LogP contribution >= 0.6 is 0 Å². The lowest BCUT2D eigenvalue weighted by atomic mass is 9.91. The van der Waals surface area contributed by atoms with Crippen molar-refractivity contribution in [3.63, 3.8) is 0 Å². The van der Waals surface area contributed by atoms with Crippen LogP contribution in [0, 0.1) is 0 Å². The van der Waals surface area contributed by atoms with Crippen LogP contribution < -0.4 is 16.0 Å². The molecule has 3 aromatic rings. The van der Waals surface area contributed by atoms with Crippen molar-refractivity contribution < 1.29 is 14.4 Å². The summed E-state index contributed by atoms with van der Waals surface area (Å²) in [5.74, 6) is -0.840. The molecule has 1 fully saturated rings. The summed E-state index contributed by atoms with van der Waals surface area (Å²) in [6, 6.07) is 17.0. The number of hydrogen-bond acceptors (Lipinski definition) is 3. The van der Waals surface area contributed by atoms with Crippen LogP contribution in [-0.4, -0.2) is 34.8 Å². The van der Waals surface area contributed by atoms with Gasteiger partial charge in [-0.1, -0.05) is 48.5 Å². The second-order valence-corrected chi connectivity index (χ2v) is 8.16. The minimum Gasteiger partial charge on any atom is -0.361 e. The number of hydrogen-bond donors (Lipinski definition) is 4. The van der Waals surface area contributed by atoms with Crippen molar-refractivity contribution in [2.75, 3.05) is 6.54 Å². The van der Waals surface area contributed by atoms with Crippen LogP contribution in [0.25, 0.3) is 10.9 Å². The number of carbonyl (C=O) groups excluding carboxylic acids is 3.